The van der Waals surface area contributed by atoms with E-state index in [0.29, 0.717) is 46.0 Å². The van der Waals surface area contributed by atoms with Crippen molar-refractivity contribution in [3.63, 3.8) is 0 Å². The Morgan fingerprint density at radius 1 is 1.05 bits per heavy atom. The Morgan fingerprint density at radius 3 is 2.64 bits per heavy atom. The number of pyridine rings is 2. The van der Waals surface area contributed by atoms with Crippen LogP contribution in [-0.4, -0.2) is 83.4 Å². The average Bonchev–Trinajstić information content (AvgIpc) is 3.30. The molecule has 3 aromatic heterocycles. The number of carbonyl (C=O) groups is 1. The summed E-state index contributed by atoms with van der Waals surface area (Å²) in [5.41, 5.74) is 9.78. The second-order valence-electron chi connectivity index (χ2n) is 9.94. The van der Waals surface area contributed by atoms with Crippen LogP contribution in [0.25, 0.3) is 21.8 Å². The molecule has 0 aliphatic carbocycles. The number of nitrogens with two attached hydrogens (primary N) is 1. The Labute approximate surface area is 229 Å². The molecule has 4 heterocycles. The Balaban J connectivity index is 1.56. The lowest BCUT2D eigenvalue weighted by Gasteiger charge is -2.31. The minimum Gasteiger partial charge on any atom is -0.383 e. The molecule has 39 heavy (non-hydrogen) atoms. The number of ether oxygens (including phenoxy) is 2. The van der Waals surface area contributed by atoms with E-state index in [1.54, 1.807) is 7.11 Å². The molecule has 1 atom stereocenters. The highest BCUT2D eigenvalue weighted by molar-refractivity contribution is 6.09. The van der Waals surface area contributed by atoms with Crippen LogP contribution >= 0.6 is 0 Å². The van der Waals surface area contributed by atoms with Crippen LogP contribution in [0.3, 0.4) is 0 Å². The highest BCUT2D eigenvalue weighted by Crippen LogP contribution is 2.32. The number of benzene rings is 1. The van der Waals surface area contributed by atoms with Crippen molar-refractivity contribution in [3.8, 4) is 0 Å². The van der Waals surface area contributed by atoms with Crippen molar-refractivity contribution in [2.24, 2.45) is 5.73 Å². The van der Waals surface area contributed by atoms with Crippen molar-refractivity contribution in [2.45, 2.75) is 32.0 Å². The van der Waals surface area contributed by atoms with Crippen LogP contribution in [0.4, 0.5) is 0 Å². The third-order valence-corrected chi connectivity index (χ3v) is 7.46. The lowest BCUT2D eigenvalue weighted by molar-refractivity contribution is -0.135. The maximum absolute atomic E-state index is 13.4. The number of para-hydroxylation sites is 1. The van der Waals surface area contributed by atoms with E-state index in [2.05, 4.69) is 32.7 Å². The molecular weight excluding hydrogens is 492 g/mol. The van der Waals surface area contributed by atoms with Gasteiger partial charge in [-0.2, -0.15) is 0 Å². The van der Waals surface area contributed by atoms with Gasteiger partial charge in [-0.3, -0.25) is 19.7 Å². The second-order valence-corrected chi connectivity index (χ2v) is 9.94. The summed E-state index contributed by atoms with van der Waals surface area (Å²) < 4.78 is 13.3. The minimum atomic E-state index is -0.0427. The van der Waals surface area contributed by atoms with Gasteiger partial charge in [0.25, 0.3) is 0 Å². The summed E-state index contributed by atoms with van der Waals surface area (Å²) in [5, 5.41) is 2.23. The first kappa shape index (κ1) is 27.2. The van der Waals surface area contributed by atoms with Crippen LogP contribution in [0.5, 0.6) is 0 Å². The zero-order chi connectivity index (χ0) is 27.0. The van der Waals surface area contributed by atoms with E-state index < -0.39 is 0 Å². The normalized spacial score (nSPS) is 14.9. The van der Waals surface area contributed by atoms with E-state index in [9.17, 15) is 4.79 Å². The molecule has 0 spiro atoms. The van der Waals surface area contributed by atoms with Crippen LogP contribution < -0.4 is 5.73 Å². The average molecular weight is 531 g/mol. The lowest BCUT2D eigenvalue weighted by Crippen LogP contribution is -2.42. The largest absolute Gasteiger partial charge is 0.383 e. The maximum Gasteiger partial charge on any atom is 0.242 e. The van der Waals surface area contributed by atoms with Gasteiger partial charge in [0.15, 0.2) is 0 Å². The van der Waals surface area contributed by atoms with Gasteiger partial charge in [0.05, 0.1) is 42.8 Å². The van der Waals surface area contributed by atoms with Gasteiger partial charge in [-0.05, 0) is 50.2 Å². The van der Waals surface area contributed by atoms with Gasteiger partial charge in [0.2, 0.25) is 5.91 Å². The van der Waals surface area contributed by atoms with Gasteiger partial charge in [-0.1, -0.05) is 24.3 Å². The smallest absolute Gasteiger partial charge is 0.242 e. The van der Waals surface area contributed by atoms with Crippen LogP contribution in [0.1, 0.15) is 30.3 Å². The third-order valence-electron chi connectivity index (χ3n) is 7.46. The van der Waals surface area contributed by atoms with Gasteiger partial charge in [-0.25, -0.2) is 0 Å². The van der Waals surface area contributed by atoms with Crippen LogP contribution in [-0.2, 0) is 27.4 Å². The standard InChI is InChI=1S/C30H38N6O3/c1-38-22-28(25-9-4-6-13-32-25)35(15-7-5-12-31)20-26-30-24(11-14-33-26)23-8-2-3-10-27(23)36(30)21-29(37)34-16-18-39-19-17-34/h2-4,6,8-11,13-14,28H,5,7,12,15-22,31H2,1H3/t28-/m0/s1. The number of fused-ring (bicyclic) bond motifs is 3. The van der Waals surface area contributed by atoms with Gasteiger partial charge in [0, 0.05) is 55.4 Å². The quantitative estimate of drug-likeness (QED) is 0.281. The van der Waals surface area contributed by atoms with Crippen LogP contribution in [0.15, 0.2) is 60.9 Å². The Kier molecular flexibility index (Phi) is 9.15. The third kappa shape index (κ3) is 6.12. The van der Waals surface area contributed by atoms with Gasteiger partial charge in [0.1, 0.15) is 6.54 Å². The highest BCUT2D eigenvalue weighted by atomic mass is 16.5. The van der Waals surface area contributed by atoms with Crippen molar-refractivity contribution >= 4 is 27.7 Å². The predicted octanol–water partition coefficient (Wildman–Crippen LogP) is 3.37. The number of hydrogen-bond donors (Lipinski definition) is 1. The lowest BCUT2D eigenvalue weighted by atomic mass is 10.1. The van der Waals surface area contributed by atoms with Crippen LogP contribution in [0.2, 0.25) is 0 Å². The highest BCUT2D eigenvalue weighted by Gasteiger charge is 2.26. The number of methoxy groups -OCH3 is 1. The molecule has 0 bridgehead atoms. The minimum absolute atomic E-state index is 0.0427. The summed E-state index contributed by atoms with van der Waals surface area (Å²) in [6.07, 6.45) is 5.59. The van der Waals surface area contributed by atoms with E-state index in [0.717, 1.165) is 52.6 Å². The van der Waals surface area contributed by atoms with E-state index in [1.807, 2.05) is 47.6 Å². The fourth-order valence-electron chi connectivity index (χ4n) is 5.51. The van der Waals surface area contributed by atoms with Crippen molar-refractivity contribution in [2.75, 3.05) is 53.1 Å². The summed E-state index contributed by atoms with van der Waals surface area (Å²) in [4.78, 5) is 27.3. The summed E-state index contributed by atoms with van der Waals surface area (Å²) in [7, 11) is 1.72. The summed E-state index contributed by atoms with van der Waals surface area (Å²) in [6, 6.07) is 16.3. The molecule has 1 fully saturated rings. The predicted molar refractivity (Wildman–Crippen MR) is 152 cm³/mol. The molecule has 4 aromatic rings. The monoisotopic (exact) mass is 530 g/mol. The summed E-state index contributed by atoms with van der Waals surface area (Å²) >= 11 is 0. The molecule has 1 aliphatic heterocycles. The van der Waals surface area contributed by atoms with E-state index in [1.165, 1.54) is 0 Å². The molecule has 1 aromatic carbocycles. The van der Waals surface area contributed by atoms with Gasteiger partial charge >= 0.3 is 0 Å². The molecule has 206 valence electrons. The summed E-state index contributed by atoms with van der Waals surface area (Å²) in [5.74, 6) is 0.0984. The SMILES string of the molecule is COC[C@@H](c1ccccn1)N(CCCCN)Cc1nccc2c3ccccc3n(CC(=O)N3CCOCC3)c12. The first-order chi connectivity index (χ1) is 19.2. The van der Waals surface area contributed by atoms with Gasteiger partial charge < -0.3 is 24.7 Å². The Morgan fingerprint density at radius 2 is 1.87 bits per heavy atom. The second kappa shape index (κ2) is 13.1. The molecule has 1 amide bonds. The molecule has 0 saturated carbocycles. The fraction of sp³-hybridized carbons (Fsp3) is 0.433. The Hall–Kier alpha value is -3.37. The number of morpholine rings is 1. The first-order valence-corrected chi connectivity index (χ1v) is 13.8. The maximum atomic E-state index is 13.4. The Bertz CT molecular complexity index is 1370. The number of rotatable bonds is 12. The molecule has 5 rings (SSSR count). The topological polar surface area (TPSA) is 98.7 Å². The van der Waals surface area contributed by atoms with E-state index >= 15 is 0 Å². The summed E-state index contributed by atoms with van der Waals surface area (Å²) in [6.45, 7) is 5.25. The number of unbranched alkanes of at least 4 members (excludes halogenated alkanes) is 1. The fourth-order valence-corrected chi connectivity index (χ4v) is 5.51. The first-order valence-electron chi connectivity index (χ1n) is 13.8. The molecule has 9 nitrogen and oxygen atoms in total. The van der Waals surface area contributed by atoms with E-state index in [4.69, 9.17) is 20.2 Å². The van der Waals surface area contributed by atoms with Crippen molar-refractivity contribution in [1.82, 2.24) is 24.3 Å². The van der Waals surface area contributed by atoms with Crippen molar-refractivity contribution in [3.05, 3.63) is 72.3 Å². The zero-order valence-corrected chi connectivity index (χ0v) is 22.7. The number of aromatic nitrogens is 3. The van der Waals surface area contributed by atoms with Crippen LogP contribution in [0, 0.1) is 0 Å². The number of carbonyl (C=O) groups excluding carboxylic acids is 1. The molecule has 1 saturated heterocycles. The number of hydrogen-bond acceptors (Lipinski definition) is 7. The molecule has 1 aliphatic rings. The van der Waals surface area contributed by atoms with Gasteiger partial charge in [-0.15, -0.1) is 0 Å². The molecule has 0 radical (unpaired) electrons. The van der Waals surface area contributed by atoms with E-state index in [-0.39, 0.29) is 18.5 Å². The molecular formula is C30H38N6O3. The number of amides is 1. The van der Waals surface area contributed by atoms with Crippen molar-refractivity contribution in [1.29, 1.82) is 0 Å². The molecule has 9 heteroatoms. The molecule has 0 unspecified atom stereocenters. The molecule has 2 N–H and O–H groups in total. The zero-order valence-electron chi connectivity index (χ0n) is 22.7. The van der Waals surface area contributed by atoms with Crippen molar-refractivity contribution < 1.29 is 14.3 Å². The number of nitrogens with zero attached hydrogens (tertiary/aromatic N) is 5.